The van der Waals surface area contributed by atoms with Crippen LogP contribution in [0.1, 0.15) is 40.3 Å². The number of carbonyl (C=O) groups excluding carboxylic acids is 1. The fourth-order valence-electron chi connectivity index (χ4n) is 4.51. The van der Waals surface area contributed by atoms with Crippen molar-refractivity contribution in [1.82, 2.24) is 44.6 Å². The van der Waals surface area contributed by atoms with Gasteiger partial charge in [0.1, 0.15) is 23.3 Å². The van der Waals surface area contributed by atoms with Crippen LogP contribution in [0.4, 0.5) is 5.82 Å². The Morgan fingerprint density at radius 1 is 1.13 bits per heavy atom. The Balaban J connectivity index is 1.40. The van der Waals surface area contributed by atoms with Crippen molar-refractivity contribution in [2.24, 2.45) is 0 Å². The first kappa shape index (κ1) is 23.2. The van der Waals surface area contributed by atoms with Crippen LogP contribution in [-0.4, -0.2) is 45.2 Å². The predicted octanol–water partition coefficient (Wildman–Crippen LogP) is 2.89. The molecule has 0 radical (unpaired) electrons. The Morgan fingerprint density at radius 2 is 1.97 bits per heavy atom. The molecule has 0 saturated heterocycles. The van der Waals surface area contributed by atoms with Crippen LogP contribution in [0, 0.1) is 6.92 Å². The zero-order chi connectivity index (χ0) is 26.2. The molecule has 0 unspecified atom stereocenters. The summed E-state index contributed by atoms with van der Waals surface area (Å²) in [5.41, 5.74) is 3.63. The van der Waals surface area contributed by atoms with Crippen LogP contribution in [0.15, 0.2) is 72.3 Å². The first-order chi connectivity index (χ1) is 18.5. The summed E-state index contributed by atoms with van der Waals surface area (Å²) >= 11 is 0. The number of para-hydroxylation sites is 1. The van der Waals surface area contributed by atoms with Gasteiger partial charge >= 0.3 is 0 Å². The molecule has 1 atom stereocenters. The van der Waals surface area contributed by atoms with Crippen molar-refractivity contribution in [3.05, 3.63) is 100 Å². The molecule has 6 aromatic rings. The van der Waals surface area contributed by atoms with Crippen LogP contribution in [0.2, 0.25) is 0 Å². The minimum absolute atomic E-state index is 0.175. The smallest absolute Gasteiger partial charge is 0.282 e. The third kappa shape index (κ3) is 3.97. The number of amides is 1. The summed E-state index contributed by atoms with van der Waals surface area (Å²) in [5.74, 6) is 0.638. The third-order valence-electron chi connectivity index (χ3n) is 6.39. The number of hydrogen-bond donors (Lipinski definition) is 4. The molecule has 1 aromatic carbocycles. The number of benzene rings is 1. The minimum atomic E-state index is -0.468. The van der Waals surface area contributed by atoms with Crippen molar-refractivity contribution in [2.75, 3.05) is 5.32 Å². The molecule has 0 spiro atoms. The van der Waals surface area contributed by atoms with E-state index < -0.39 is 6.04 Å². The van der Waals surface area contributed by atoms with Crippen LogP contribution >= 0.6 is 0 Å². The maximum atomic E-state index is 13.7. The van der Waals surface area contributed by atoms with E-state index in [1.807, 2.05) is 50.2 Å². The molecule has 0 fully saturated rings. The van der Waals surface area contributed by atoms with E-state index in [1.54, 1.807) is 33.9 Å². The summed E-state index contributed by atoms with van der Waals surface area (Å²) in [4.78, 5) is 38.5. The van der Waals surface area contributed by atoms with E-state index in [0.29, 0.717) is 46.0 Å². The van der Waals surface area contributed by atoms with E-state index in [9.17, 15) is 9.59 Å². The zero-order valence-electron chi connectivity index (χ0n) is 20.6. The van der Waals surface area contributed by atoms with Gasteiger partial charge in [-0.1, -0.05) is 18.2 Å². The maximum Gasteiger partial charge on any atom is 0.282 e. The molecule has 0 aliphatic heterocycles. The van der Waals surface area contributed by atoms with Crippen LogP contribution in [-0.2, 0) is 6.54 Å². The monoisotopic (exact) mass is 508 g/mol. The molecule has 6 rings (SSSR count). The Hall–Kier alpha value is -5.26. The van der Waals surface area contributed by atoms with E-state index in [1.165, 1.54) is 6.33 Å². The van der Waals surface area contributed by atoms with Gasteiger partial charge in [-0.25, -0.2) is 14.5 Å². The average Bonchev–Trinajstić information content (AvgIpc) is 3.68. The minimum Gasteiger partial charge on any atom is -0.360 e. The summed E-state index contributed by atoms with van der Waals surface area (Å²) in [6, 6.07) is 10.8. The maximum absolute atomic E-state index is 13.7. The van der Waals surface area contributed by atoms with Gasteiger partial charge in [0, 0.05) is 30.7 Å². The summed E-state index contributed by atoms with van der Waals surface area (Å²) in [7, 11) is 0. The molecule has 38 heavy (non-hydrogen) atoms. The summed E-state index contributed by atoms with van der Waals surface area (Å²) in [5, 5.41) is 18.2. The number of fused-ring (bicyclic) bond motifs is 2. The topological polar surface area (TPSA) is 151 Å². The van der Waals surface area contributed by atoms with Gasteiger partial charge in [-0.3, -0.25) is 19.3 Å². The molecule has 1 amide bonds. The van der Waals surface area contributed by atoms with Gasteiger partial charge in [-0.05, 0) is 37.6 Å². The number of nitrogens with one attached hydrogen (secondary N) is 4. The van der Waals surface area contributed by atoms with Crippen LogP contribution in [0.25, 0.3) is 22.2 Å². The van der Waals surface area contributed by atoms with Gasteiger partial charge in [0.15, 0.2) is 5.82 Å². The van der Waals surface area contributed by atoms with Crippen LogP contribution < -0.4 is 16.2 Å². The van der Waals surface area contributed by atoms with Gasteiger partial charge in [-0.15, -0.1) is 0 Å². The molecule has 5 aromatic heterocycles. The quantitative estimate of drug-likeness (QED) is 0.259. The molecule has 0 saturated carbocycles. The summed E-state index contributed by atoms with van der Waals surface area (Å²) in [6.45, 7) is 4.10. The summed E-state index contributed by atoms with van der Waals surface area (Å²) < 4.78 is 3.21. The van der Waals surface area contributed by atoms with Crippen molar-refractivity contribution < 1.29 is 4.79 Å². The lowest BCUT2D eigenvalue weighted by Crippen LogP contribution is -2.29. The number of carbonyl (C=O) groups is 1. The van der Waals surface area contributed by atoms with Crippen LogP contribution in [0.5, 0.6) is 0 Å². The highest BCUT2D eigenvalue weighted by Gasteiger charge is 2.23. The highest BCUT2D eigenvalue weighted by Crippen LogP contribution is 2.27. The van der Waals surface area contributed by atoms with E-state index in [4.69, 9.17) is 5.10 Å². The van der Waals surface area contributed by atoms with E-state index in [-0.39, 0.29) is 11.5 Å². The number of nitrogens with zero attached hydrogens (tertiary/aromatic N) is 6. The van der Waals surface area contributed by atoms with Gasteiger partial charge in [-0.2, -0.15) is 10.2 Å². The number of aryl methyl sites for hydroxylation is 1. The summed E-state index contributed by atoms with van der Waals surface area (Å²) in [6.07, 6.45) is 8.16. The number of aromatic nitrogens is 8. The van der Waals surface area contributed by atoms with E-state index in [0.717, 1.165) is 11.1 Å². The molecule has 0 bridgehead atoms. The molecule has 12 nitrogen and oxygen atoms in total. The molecule has 5 heterocycles. The standard InChI is InChI=1S/C26H24N10O2/c1-15-8-9-35-21(15)26(38)36(18-6-4-3-5-7-18)24(34-35)16(2)33-23-20-19(13-27-22(20)29-14-30-23)25(37)28-10-17-11-31-32-12-17/h3-9,11-14,16H,10H2,1-2H3,(H,28,37)(H,31,32)(H2,27,29,30,33)/t16-/m0/s1. The van der Waals surface area contributed by atoms with Gasteiger partial charge in [0.05, 0.1) is 28.9 Å². The fourth-order valence-corrected chi connectivity index (χ4v) is 4.51. The molecular weight excluding hydrogens is 484 g/mol. The predicted molar refractivity (Wildman–Crippen MR) is 141 cm³/mol. The fraction of sp³-hybridized carbons (Fsp3) is 0.154. The van der Waals surface area contributed by atoms with Crippen molar-refractivity contribution in [2.45, 2.75) is 26.4 Å². The molecule has 4 N–H and O–H groups in total. The van der Waals surface area contributed by atoms with Crippen molar-refractivity contribution in [3.63, 3.8) is 0 Å². The number of rotatable bonds is 7. The lowest BCUT2D eigenvalue weighted by atomic mass is 10.2. The second-order valence-electron chi connectivity index (χ2n) is 8.93. The van der Waals surface area contributed by atoms with Crippen LogP contribution in [0.3, 0.4) is 0 Å². The number of aromatic amines is 2. The largest absolute Gasteiger partial charge is 0.360 e. The van der Waals surface area contributed by atoms with E-state index >= 15 is 0 Å². The Morgan fingerprint density at radius 3 is 2.76 bits per heavy atom. The van der Waals surface area contributed by atoms with Gasteiger partial charge < -0.3 is 15.6 Å². The third-order valence-corrected chi connectivity index (χ3v) is 6.39. The van der Waals surface area contributed by atoms with Crippen molar-refractivity contribution in [3.8, 4) is 5.69 Å². The SMILES string of the molecule is Cc1ccn2nc([C@H](C)Nc3ncnc4[nH]cc(C(=O)NCc5cn[nH]c5)c34)n(-c3ccccc3)c(=O)c12. The average molecular weight is 509 g/mol. The molecular formula is C26H24N10O2. The molecule has 12 heteroatoms. The zero-order valence-corrected chi connectivity index (χ0v) is 20.6. The highest BCUT2D eigenvalue weighted by molar-refractivity contribution is 6.09. The Kier molecular flexibility index (Phi) is 5.68. The number of H-pyrrole nitrogens is 2. The first-order valence-corrected chi connectivity index (χ1v) is 12.0. The lowest BCUT2D eigenvalue weighted by molar-refractivity contribution is 0.0952. The first-order valence-electron chi connectivity index (χ1n) is 12.0. The number of anilines is 1. The van der Waals surface area contributed by atoms with Crippen molar-refractivity contribution >= 4 is 28.3 Å². The Bertz CT molecular complexity index is 1820. The van der Waals surface area contributed by atoms with Gasteiger partial charge in [0.2, 0.25) is 0 Å². The second-order valence-corrected chi connectivity index (χ2v) is 8.93. The highest BCUT2D eigenvalue weighted by atomic mass is 16.1. The van der Waals surface area contributed by atoms with Gasteiger partial charge in [0.25, 0.3) is 11.5 Å². The molecule has 0 aliphatic carbocycles. The van der Waals surface area contributed by atoms with Crippen molar-refractivity contribution in [1.29, 1.82) is 0 Å². The molecule has 190 valence electrons. The second kappa shape index (κ2) is 9.32. The Labute approximate surface area is 215 Å². The number of hydrogen-bond acceptors (Lipinski definition) is 7. The molecule has 0 aliphatic rings. The lowest BCUT2D eigenvalue weighted by Gasteiger charge is -2.20. The van der Waals surface area contributed by atoms with E-state index in [2.05, 4.69) is 35.8 Å². The normalized spacial score (nSPS) is 12.2.